The standard InChI is InChI=1S/C13H10ClF2NO/c14-9-1-2-13(12(16)5-9)17-7-8-3-10(15)6-11(18)4-8/h1-6,17-18H,7H2. The van der Waals surface area contributed by atoms with Crippen molar-refractivity contribution < 1.29 is 13.9 Å². The molecule has 0 bridgehead atoms. The molecule has 2 aromatic rings. The predicted molar refractivity (Wildman–Crippen MR) is 66.8 cm³/mol. The lowest BCUT2D eigenvalue weighted by atomic mass is 10.2. The highest BCUT2D eigenvalue weighted by Gasteiger charge is 2.04. The fraction of sp³-hybridized carbons (Fsp3) is 0.0769. The summed E-state index contributed by atoms with van der Waals surface area (Å²) >= 11 is 5.63. The van der Waals surface area contributed by atoms with E-state index in [1.54, 1.807) is 6.07 Å². The van der Waals surface area contributed by atoms with Gasteiger partial charge in [0.2, 0.25) is 0 Å². The fourth-order valence-electron chi connectivity index (χ4n) is 1.57. The lowest BCUT2D eigenvalue weighted by molar-refractivity contribution is 0.468. The zero-order valence-electron chi connectivity index (χ0n) is 9.25. The maximum Gasteiger partial charge on any atom is 0.147 e. The summed E-state index contributed by atoms with van der Waals surface area (Å²) in [6, 6.07) is 7.91. The van der Waals surface area contributed by atoms with E-state index in [0.717, 1.165) is 6.07 Å². The van der Waals surface area contributed by atoms with Crippen molar-refractivity contribution in [3.8, 4) is 5.75 Å². The Hall–Kier alpha value is -1.81. The number of nitrogens with one attached hydrogen (secondary N) is 1. The first-order valence-corrected chi connectivity index (χ1v) is 5.60. The Balaban J connectivity index is 2.11. The van der Waals surface area contributed by atoms with Crippen LogP contribution in [0.1, 0.15) is 5.56 Å². The summed E-state index contributed by atoms with van der Waals surface area (Å²) in [5, 5.41) is 12.3. The number of phenolic OH excluding ortho intramolecular Hbond substituents is 1. The van der Waals surface area contributed by atoms with Crippen LogP contribution in [-0.4, -0.2) is 5.11 Å². The van der Waals surface area contributed by atoms with Gasteiger partial charge in [0.25, 0.3) is 0 Å². The van der Waals surface area contributed by atoms with Crippen LogP contribution in [0.25, 0.3) is 0 Å². The van der Waals surface area contributed by atoms with Gasteiger partial charge in [0.05, 0.1) is 5.69 Å². The van der Waals surface area contributed by atoms with Gasteiger partial charge in [0.15, 0.2) is 0 Å². The number of rotatable bonds is 3. The van der Waals surface area contributed by atoms with Crippen molar-refractivity contribution in [3.05, 3.63) is 58.6 Å². The van der Waals surface area contributed by atoms with Crippen LogP contribution < -0.4 is 5.32 Å². The van der Waals surface area contributed by atoms with Gasteiger partial charge in [-0.2, -0.15) is 0 Å². The Morgan fingerprint density at radius 3 is 2.56 bits per heavy atom. The molecule has 94 valence electrons. The lowest BCUT2D eigenvalue weighted by Crippen LogP contribution is -2.01. The molecule has 2 N–H and O–H groups in total. The van der Waals surface area contributed by atoms with Gasteiger partial charge in [-0.3, -0.25) is 0 Å². The molecule has 0 aliphatic heterocycles. The zero-order chi connectivity index (χ0) is 13.1. The molecule has 2 nitrogen and oxygen atoms in total. The number of halogens is 3. The summed E-state index contributed by atoms with van der Waals surface area (Å²) in [6.07, 6.45) is 0. The maximum absolute atomic E-state index is 13.4. The summed E-state index contributed by atoms with van der Waals surface area (Å²) < 4.78 is 26.4. The van der Waals surface area contributed by atoms with Crippen LogP contribution in [0, 0.1) is 11.6 Å². The van der Waals surface area contributed by atoms with Crippen molar-refractivity contribution in [1.82, 2.24) is 0 Å². The normalized spacial score (nSPS) is 10.4. The third-order valence-corrected chi connectivity index (χ3v) is 2.59. The maximum atomic E-state index is 13.4. The summed E-state index contributed by atoms with van der Waals surface area (Å²) in [5.74, 6) is -1.19. The minimum Gasteiger partial charge on any atom is -0.508 e. The number of anilines is 1. The number of benzene rings is 2. The molecule has 0 aliphatic rings. The molecule has 0 fully saturated rings. The molecule has 18 heavy (non-hydrogen) atoms. The molecule has 0 aliphatic carbocycles. The van der Waals surface area contributed by atoms with E-state index in [2.05, 4.69) is 5.32 Å². The average Bonchev–Trinajstić information content (AvgIpc) is 2.26. The molecule has 5 heteroatoms. The van der Waals surface area contributed by atoms with E-state index >= 15 is 0 Å². The van der Waals surface area contributed by atoms with Crippen molar-refractivity contribution in [2.45, 2.75) is 6.54 Å². The molecule has 0 atom stereocenters. The quantitative estimate of drug-likeness (QED) is 0.885. The minimum absolute atomic E-state index is 0.164. The van der Waals surface area contributed by atoms with Gasteiger partial charge in [0, 0.05) is 17.6 Å². The molecule has 0 amide bonds. The third kappa shape index (κ3) is 3.11. The van der Waals surface area contributed by atoms with E-state index in [1.165, 1.54) is 24.3 Å². The summed E-state index contributed by atoms with van der Waals surface area (Å²) in [5.41, 5.74) is 0.782. The summed E-state index contributed by atoms with van der Waals surface area (Å²) in [7, 11) is 0. The van der Waals surface area contributed by atoms with Crippen LogP contribution in [0.4, 0.5) is 14.5 Å². The van der Waals surface area contributed by atoms with Gasteiger partial charge >= 0.3 is 0 Å². The van der Waals surface area contributed by atoms with E-state index in [4.69, 9.17) is 11.6 Å². The summed E-state index contributed by atoms with van der Waals surface area (Å²) in [4.78, 5) is 0. The van der Waals surface area contributed by atoms with Gasteiger partial charge in [-0.25, -0.2) is 8.78 Å². The van der Waals surface area contributed by atoms with Crippen LogP contribution in [0.3, 0.4) is 0 Å². The first-order chi connectivity index (χ1) is 8.54. The van der Waals surface area contributed by atoms with Crippen LogP contribution >= 0.6 is 11.6 Å². The first-order valence-electron chi connectivity index (χ1n) is 5.22. The molecular weight excluding hydrogens is 260 g/mol. The Morgan fingerprint density at radius 1 is 1.11 bits per heavy atom. The van der Waals surface area contributed by atoms with E-state index in [-0.39, 0.29) is 18.0 Å². The molecule has 2 aromatic carbocycles. The molecule has 0 heterocycles. The molecule has 0 saturated heterocycles. The highest BCUT2D eigenvalue weighted by Crippen LogP contribution is 2.20. The zero-order valence-corrected chi connectivity index (χ0v) is 10.0. The molecule has 0 aromatic heterocycles. The highest BCUT2D eigenvalue weighted by atomic mass is 35.5. The van der Waals surface area contributed by atoms with E-state index < -0.39 is 11.6 Å². The van der Waals surface area contributed by atoms with Gasteiger partial charge in [0.1, 0.15) is 17.4 Å². The molecule has 0 radical (unpaired) electrons. The Kier molecular flexibility index (Phi) is 3.67. The van der Waals surface area contributed by atoms with E-state index in [9.17, 15) is 13.9 Å². The topological polar surface area (TPSA) is 32.3 Å². The predicted octanol–water partition coefficient (Wildman–Crippen LogP) is 3.94. The van der Waals surface area contributed by atoms with Crippen molar-refractivity contribution in [1.29, 1.82) is 0 Å². The van der Waals surface area contributed by atoms with E-state index in [0.29, 0.717) is 10.6 Å². The third-order valence-electron chi connectivity index (χ3n) is 2.36. The van der Waals surface area contributed by atoms with Crippen molar-refractivity contribution in [2.24, 2.45) is 0 Å². The van der Waals surface area contributed by atoms with Crippen molar-refractivity contribution in [3.63, 3.8) is 0 Å². The average molecular weight is 270 g/mol. The van der Waals surface area contributed by atoms with Gasteiger partial charge < -0.3 is 10.4 Å². The monoisotopic (exact) mass is 269 g/mol. The first kappa shape index (κ1) is 12.6. The molecule has 0 spiro atoms. The second-order valence-electron chi connectivity index (χ2n) is 3.80. The Bertz CT molecular complexity index is 555. The molecule has 0 unspecified atom stereocenters. The van der Waals surface area contributed by atoms with E-state index in [1.807, 2.05) is 0 Å². The largest absolute Gasteiger partial charge is 0.508 e. The Labute approximate surface area is 108 Å². The van der Waals surface area contributed by atoms with Gasteiger partial charge in [-0.1, -0.05) is 11.6 Å². The number of phenols is 1. The van der Waals surface area contributed by atoms with Crippen LogP contribution in [0.2, 0.25) is 5.02 Å². The SMILES string of the molecule is Oc1cc(F)cc(CNc2ccc(Cl)cc2F)c1. The molecule has 2 rings (SSSR count). The lowest BCUT2D eigenvalue weighted by Gasteiger charge is -2.08. The Morgan fingerprint density at radius 2 is 1.89 bits per heavy atom. The number of aromatic hydroxyl groups is 1. The molecular formula is C13H10ClF2NO. The van der Waals surface area contributed by atoms with Crippen molar-refractivity contribution >= 4 is 17.3 Å². The smallest absolute Gasteiger partial charge is 0.147 e. The fourth-order valence-corrected chi connectivity index (χ4v) is 1.72. The van der Waals surface area contributed by atoms with Crippen LogP contribution in [0.5, 0.6) is 5.75 Å². The van der Waals surface area contributed by atoms with Gasteiger partial charge in [-0.15, -0.1) is 0 Å². The second-order valence-corrected chi connectivity index (χ2v) is 4.23. The number of hydrogen-bond donors (Lipinski definition) is 2. The van der Waals surface area contributed by atoms with Crippen LogP contribution in [0.15, 0.2) is 36.4 Å². The number of hydrogen-bond acceptors (Lipinski definition) is 2. The van der Waals surface area contributed by atoms with Crippen molar-refractivity contribution in [2.75, 3.05) is 5.32 Å². The molecule has 0 saturated carbocycles. The second kappa shape index (κ2) is 5.23. The minimum atomic E-state index is -0.539. The summed E-state index contributed by atoms with van der Waals surface area (Å²) in [6.45, 7) is 0.198. The highest BCUT2D eigenvalue weighted by molar-refractivity contribution is 6.30. The van der Waals surface area contributed by atoms with Crippen LogP contribution in [-0.2, 0) is 6.54 Å². The van der Waals surface area contributed by atoms with Gasteiger partial charge in [-0.05, 0) is 35.9 Å².